The van der Waals surface area contributed by atoms with Gasteiger partial charge in [0.25, 0.3) is 0 Å². The van der Waals surface area contributed by atoms with E-state index in [0.29, 0.717) is 6.08 Å². The standard InChI is InChI=1S/C6H6O6.C2H6O2/c7-4(8)1-3(6(11)12)2-5(9)10;3-1-2-4/h1H,2H2,(H,7,8)(H,9,10)(H,11,12);3-4H,1-2H2. The van der Waals surface area contributed by atoms with Crippen molar-refractivity contribution in [1.29, 1.82) is 0 Å². The predicted octanol–water partition coefficient (Wildman–Crippen LogP) is -1.47. The molecule has 92 valence electrons. The lowest BCUT2D eigenvalue weighted by Gasteiger charge is -1.94. The highest BCUT2D eigenvalue weighted by Crippen LogP contribution is 2.00. The van der Waals surface area contributed by atoms with E-state index in [1.54, 1.807) is 0 Å². The summed E-state index contributed by atoms with van der Waals surface area (Å²) >= 11 is 0. The smallest absolute Gasteiger partial charge is 0.332 e. The molecular weight excluding hydrogens is 224 g/mol. The topological polar surface area (TPSA) is 152 Å². The van der Waals surface area contributed by atoms with E-state index in [9.17, 15) is 14.4 Å². The van der Waals surface area contributed by atoms with Crippen LogP contribution in [-0.2, 0) is 14.4 Å². The number of hydrogen-bond donors (Lipinski definition) is 5. The lowest BCUT2D eigenvalue weighted by molar-refractivity contribution is -0.140. The zero-order chi connectivity index (χ0) is 13.1. The van der Waals surface area contributed by atoms with Crippen LogP contribution in [0.3, 0.4) is 0 Å². The number of aliphatic carboxylic acids is 3. The Hall–Kier alpha value is -1.93. The first-order chi connectivity index (χ1) is 7.34. The van der Waals surface area contributed by atoms with Gasteiger partial charge in [0.1, 0.15) is 0 Å². The minimum atomic E-state index is -1.54. The molecule has 0 unspecified atom stereocenters. The molecule has 8 heteroatoms. The van der Waals surface area contributed by atoms with Crippen molar-refractivity contribution < 1.29 is 39.9 Å². The summed E-state index contributed by atoms with van der Waals surface area (Å²) in [6, 6.07) is 0. The molecule has 0 aliphatic rings. The molecule has 0 heterocycles. The van der Waals surface area contributed by atoms with Crippen LogP contribution in [-0.4, -0.2) is 56.7 Å². The van der Waals surface area contributed by atoms with Gasteiger partial charge in [0, 0.05) is 6.08 Å². The van der Waals surface area contributed by atoms with Gasteiger partial charge in [-0.05, 0) is 0 Å². The lowest BCUT2D eigenvalue weighted by Crippen LogP contribution is -2.08. The summed E-state index contributed by atoms with van der Waals surface area (Å²) < 4.78 is 0. The molecular formula is C8H12O8. The van der Waals surface area contributed by atoms with Gasteiger partial charge in [0.05, 0.1) is 25.2 Å². The van der Waals surface area contributed by atoms with E-state index < -0.39 is 29.9 Å². The molecule has 0 aromatic heterocycles. The molecule has 0 rings (SSSR count). The highest BCUT2D eigenvalue weighted by Gasteiger charge is 2.12. The highest BCUT2D eigenvalue weighted by atomic mass is 16.4. The van der Waals surface area contributed by atoms with Crippen molar-refractivity contribution >= 4 is 17.9 Å². The fourth-order valence-electron chi connectivity index (χ4n) is 0.500. The summed E-state index contributed by atoms with van der Waals surface area (Å²) in [5.74, 6) is -4.40. The van der Waals surface area contributed by atoms with Crippen LogP contribution >= 0.6 is 0 Å². The molecule has 16 heavy (non-hydrogen) atoms. The van der Waals surface area contributed by atoms with E-state index in [1.165, 1.54) is 0 Å². The van der Waals surface area contributed by atoms with Crippen molar-refractivity contribution in [2.45, 2.75) is 6.42 Å². The van der Waals surface area contributed by atoms with Crippen LogP contribution in [0.5, 0.6) is 0 Å². The second-order valence-electron chi connectivity index (χ2n) is 2.33. The van der Waals surface area contributed by atoms with Crippen molar-refractivity contribution in [2.75, 3.05) is 13.2 Å². The van der Waals surface area contributed by atoms with Gasteiger partial charge in [-0.1, -0.05) is 0 Å². The number of hydrogen-bond acceptors (Lipinski definition) is 5. The van der Waals surface area contributed by atoms with Gasteiger partial charge < -0.3 is 25.5 Å². The monoisotopic (exact) mass is 236 g/mol. The van der Waals surface area contributed by atoms with Gasteiger partial charge in [0.2, 0.25) is 0 Å². The van der Waals surface area contributed by atoms with E-state index in [2.05, 4.69) is 0 Å². The third-order valence-corrected chi connectivity index (χ3v) is 1.01. The molecule has 0 fully saturated rings. The molecule has 5 N–H and O–H groups in total. The SMILES string of the molecule is O=C(O)C=C(CC(=O)O)C(=O)O.OCCO. The van der Waals surface area contributed by atoms with Gasteiger partial charge in [-0.2, -0.15) is 0 Å². The largest absolute Gasteiger partial charge is 0.481 e. The van der Waals surface area contributed by atoms with Gasteiger partial charge in [-0.15, -0.1) is 0 Å². The Morgan fingerprint density at radius 2 is 1.38 bits per heavy atom. The number of carboxylic acids is 3. The molecule has 0 aromatic carbocycles. The Balaban J connectivity index is 0. The lowest BCUT2D eigenvalue weighted by atomic mass is 10.2. The molecule has 0 atom stereocenters. The van der Waals surface area contributed by atoms with E-state index in [0.717, 1.165) is 0 Å². The molecule has 0 aliphatic carbocycles. The van der Waals surface area contributed by atoms with E-state index in [-0.39, 0.29) is 13.2 Å². The number of aliphatic hydroxyl groups excluding tert-OH is 2. The molecule has 0 spiro atoms. The molecule has 0 saturated carbocycles. The molecule has 0 bridgehead atoms. The van der Waals surface area contributed by atoms with Crippen LogP contribution in [0.1, 0.15) is 6.42 Å². The number of aliphatic hydroxyl groups is 2. The van der Waals surface area contributed by atoms with E-state index in [4.69, 9.17) is 25.5 Å². The first-order valence-electron chi connectivity index (χ1n) is 3.95. The minimum Gasteiger partial charge on any atom is -0.481 e. The molecule has 0 amide bonds. The highest BCUT2D eigenvalue weighted by molar-refractivity contribution is 5.98. The second-order valence-corrected chi connectivity index (χ2v) is 2.33. The fourth-order valence-corrected chi connectivity index (χ4v) is 0.500. The molecule has 0 saturated heterocycles. The van der Waals surface area contributed by atoms with Crippen LogP contribution in [0, 0.1) is 0 Å². The quantitative estimate of drug-likeness (QED) is 0.362. The zero-order valence-electron chi connectivity index (χ0n) is 8.16. The van der Waals surface area contributed by atoms with E-state index in [1.807, 2.05) is 0 Å². The summed E-state index contributed by atoms with van der Waals surface area (Å²) in [6.07, 6.45) is -0.446. The summed E-state index contributed by atoms with van der Waals surface area (Å²) in [4.78, 5) is 30.1. The van der Waals surface area contributed by atoms with Gasteiger partial charge in [-0.25, -0.2) is 9.59 Å². The van der Waals surface area contributed by atoms with Crippen molar-refractivity contribution in [3.05, 3.63) is 11.6 Å². The van der Waals surface area contributed by atoms with Crippen LogP contribution in [0.2, 0.25) is 0 Å². The molecule has 0 radical (unpaired) electrons. The average Bonchev–Trinajstić information content (AvgIpc) is 2.15. The predicted molar refractivity (Wildman–Crippen MR) is 49.8 cm³/mol. The van der Waals surface area contributed by atoms with Crippen molar-refractivity contribution in [2.24, 2.45) is 0 Å². The summed E-state index contributed by atoms with van der Waals surface area (Å²) in [6.45, 7) is -0.250. The maximum absolute atomic E-state index is 10.2. The Morgan fingerprint density at radius 3 is 1.56 bits per heavy atom. The Bertz CT molecular complexity index is 278. The number of carbonyl (C=O) groups is 3. The first-order valence-corrected chi connectivity index (χ1v) is 3.95. The number of carboxylic acid groups (broad SMARTS) is 3. The van der Waals surface area contributed by atoms with Crippen molar-refractivity contribution in [1.82, 2.24) is 0 Å². The third-order valence-electron chi connectivity index (χ3n) is 1.01. The molecule has 0 aliphatic heterocycles. The van der Waals surface area contributed by atoms with Crippen LogP contribution in [0.4, 0.5) is 0 Å². The fraction of sp³-hybridized carbons (Fsp3) is 0.375. The van der Waals surface area contributed by atoms with Gasteiger partial charge >= 0.3 is 17.9 Å². The summed E-state index contributed by atoms with van der Waals surface area (Å²) in [5.41, 5.74) is -0.657. The van der Waals surface area contributed by atoms with E-state index >= 15 is 0 Å². The molecule has 0 aromatic rings. The molecule has 8 nitrogen and oxygen atoms in total. The first kappa shape index (κ1) is 16.5. The van der Waals surface area contributed by atoms with Gasteiger partial charge in [0.15, 0.2) is 0 Å². The maximum Gasteiger partial charge on any atom is 0.332 e. The van der Waals surface area contributed by atoms with Crippen molar-refractivity contribution in [3.8, 4) is 0 Å². The van der Waals surface area contributed by atoms with Crippen LogP contribution < -0.4 is 0 Å². The Morgan fingerprint density at radius 1 is 0.938 bits per heavy atom. The van der Waals surface area contributed by atoms with Crippen LogP contribution in [0.25, 0.3) is 0 Å². The average molecular weight is 236 g/mol. The number of rotatable bonds is 5. The van der Waals surface area contributed by atoms with Crippen LogP contribution in [0.15, 0.2) is 11.6 Å². The summed E-state index contributed by atoms with van der Waals surface area (Å²) in [7, 11) is 0. The Labute approximate surface area is 90.1 Å². The second kappa shape index (κ2) is 9.62. The normalized spacial score (nSPS) is 10.0. The van der Waals surface area contributed by atoms with Gasteiger partial charge in [-0.3, -0.25) is 4.79 Å². The minimum absolute atomic E-state index is 0.125. The van der Waals surface area contributed by atoms with Crippen molar-refractivity contribution in [3.63, 3.8) is 0 Å². The maximum atomic E-state index is 10.2. The Kier molecular flexibility index (Phi) is 9.92. The zero-order valence-corrected chi connectivity index (χ0v) is 8.16. The third kappa shape index (κ3) is 12.1. The summed E-state index contributed by atoms with van der Waals surface area (Å²) in [5, 5.41) is 39.8.